The molecule has 2 aliphatic rings. The van der Waals surface area contributed by atoms with Crippen LogP contribution in [-0.4, -0.2) is 56.8 Å². The highest BCUT2D eigenvalue weighted by molar-refractivity contribution is 5.66. The third-order valence-electron chi connectivity index (χ3n) is 6.95. The zero-order valence-electron chi connectivity index (χ0n) is 21.0. The molecule has 10 heteroatoms. The largest absolute Gasteiger partial charge is 0.377 e. The molecule has 190 valence electrons. The molecular formula is C27H30N8O2. The van der Waals surface area contributed by atoms with Crippen molar-refractivity contribution in [2.24, 2.45) is 7.05 Å². The van der Waals surface area contributed by atoms with Crippen molar-refractivity contribution in [3.8, 4) is 11.4 Å². The first-order chi connectivity index (χ1) is 18.0. The Bertz CT molecular complexity index is 1460. The normalized spacial score (nSPS) is 17.5. The average molecular weight is 499 g/mol. The van der Waals surface area contributed by atoms with Gasteiger partial charge in [0.1, 0.15) is 11.6 Å². The molecule has 0 spiro atoms. The molecule has 37 heavy (non-hydrogen) atoms. The van der Waals surface area contributed by atoms with E-state index in [9.17, 15) is 4.79 Å². The van der Waals surface area contributed by atoms with E-state index in [4.69, 9.17) is 14.7 Å². The molecular weight excluding hydrogens is 468 g/mol. The van der Waals surface area contributed by atoms with E-state index in [0.29, 0.717) is 31.4 Å². The van der Waals surface area contributed by atoms with E-state index < -0.39 is 0 Å². The maximum atomic E-state index is 11.6. The van der Waals surface area contributed by atoms with Crippen LogP contribution in [0.2, 0.25) is 0 Å². The molecule has 1 saturated heterocycles. The van der Waals surface area contributed by atoms with Crippen LogP contribution in [-0.2, 0) is 24.8 Å². The molecule has 2 aliphatic heterocycles. The molecule has 6 rings (SSSR count). The number of morpholine rings is 1. The van der Waals surface area contributed by atoms with Crippen molar-refractivity contribution in [3.05, 3.63) is 76.5 Å². The number of fused-ring (bicyclic) bond motifs is 1. The van der Waals surface area contributed by atoms with Crippen molar-refractivity contribution < 1.29 is 4.74 Å². The highest BCUT2D eigenvalue weighted by Gasteiger charge is 2.29. The molecule has 5 heterocycles. The summed E-state index contributed by atoms with van der Waals surface area (Å²) in [5.74, 6) is 3.30. The van der Waals surface area contributed by atoms with Crippen LogP contribution in [0.1, 0.15) is 18.2 Å². The molecule has 0 amide bonds. The topological polar surface area (TPSA) is 104 Å². The minimum Gasteiger partial charge on any atom is -0.377 e. The van der Waals surface area contributed by atoms with Crippen LogP contribution in [0, 0.1) is 0 Å². The van der Waals surface area contributed by atoms with Gasteiger partial charge in [-0.2, -0.15) is 0 Å². The summed E-state index contributed by atoms with van der Waals surface area (Å²) in [6.45, 7) is 5.93. The number of aryl methyl sites for hydroxylation is 1. The highest BCUT2D eigenvalue weighted by Crippen LogP contribution is 2.33. The standard InChI is InChI=1S/C27H30N8O2/c1-18-17-37-15-14-35(18)26-21-10-12-34(27-28-11-13-33(27)2)16-22(21)30-25(32-26)19-6-8-20(9-7-19)29-23-4-3-5-24(36)31-23/h3-9,11,13,18H,10,12,14-17H2,1-2H3,(H2,29,31,36)/t18-/m0/s1. The Morgan fingerprint density at radius 2 is 1.97 bits per heavy atom. The maximum absolute atomic E-state index is 11.6. The van der Waals surface area contributed by atoms with E-state index in [1.165, 1.54) is 11.6 Å². The molecule has 0 unspecified atom stereocenters. The fraction of sp³-hybridized carbons (Fsp3) is 0.333. The molecule has 0 bridgehead atoms. The summed E-state index contributed by atoms with van der Waals surface area (Å²) in [5, 5.41) is 3.23. The predicted octanol–water partition coefficient (Wildman–Crippen LogP) is 3.10. The Labute approximate surface area is 215 Å². The summed E-state index contributed by atoms with van der Waals surface area (Å²) in [6.07, 6.45) is 4.66. The Morgan fingerprint density at radius 1 is 1.11 bits per heavy atom. The van der Waals surface area contributed by atoms with Crippen molar-refractivity contribution in [2.75, 3.05) is 41.4 Å². The van der Waals surface area contributed by atoms with Gasteiger partial charge in [-0.3, -0.25) is 4.79 Å². The van der Waals surface area contributed by atoms with E-state index in [1.807, 2.05) is 54.3 Å². The second-order valence-electron chi connectivity index (χ2n) is 9.55. The van der Waals surface area contributed by atoms with Crippen LogP contribution < -0.4 is 20.7 Å². The molecule has 1 fully saturated rings. The van der Waals surface area contributed by atoms with Gasteiger partial charge in [0.25, 0.3) is 0 Å². The Hall–Kier alpha value is -4.18. The van der Waals surface area contributed by atoms with E-state index >= 15 is 0 Å². The molecule has 0 aliphatic carbocycles. The second-order valence-corrected chi connectivity index (χ2v) is 9.55. The van der Waals surface area contributed by atoms with Gasteiger partial charge in [-0.1, -0.05) is 6.07 Å². The van der Waals surface area contributed by atoms with Crippen LogP contribution in [0.5, 0.6) is 0 Å². The first-order valence-electron chi connectivity index (χ1n) is 12.6. The quantitative estimate of drug-likeness (QED) is 0.433. The Morgan fingerprint density at radius 3 is 2.73 bits per heavy atom. The van der Waals surface area contributed by atoms with Crippen molar-refractivity contribution in [2.45, 2.75) is 25.9 Å². The van der Waals surface area contributed by atoms with Crippen molar-refractivity contribution in [1.29, 1.82) is 0 Å². The Kier molecular flexibility index (Phi) is 6.09. The number of ether oxygens (including phenoxy) is 1. The van der Waals surface area contributed by atoms with Crippen LogP contribution in [0.4, 0.5) is 23.3 Å². The van der Waals surface area contributed by atoms with Crippen LogP contribution in [0.3, 0.4) is 0 Å². The molecule has 10 nitrogen and oxygen atoms in total. The molecule has 1 aromatic carbocycles. The third-order valence-corrected chi connectivity index (χ3v) is 6.95. The number of nitrogens with zero attached hydrogens (tertiary/aromatic N) is 6. The lowest BCUT2D eigenvalue weighted by Gasteiger charge is -2.38. The van der Waals surface area contributed by atoms with Gasteiger partial charge in [-0.05, 0) is 43.7 Å². The number of pyridine rings is 1. The number of aromatic amines is 1. The number of hydrogen-bond donors (Lipinski definition) is 2. The minimum atomic E-state index is -0.145. The summed E-state index contributed by atoms with van der Waals surface area (Å²) < 4.78 is 7.75. The number of H-pyrrole nitrogens is 1. The van der Waals surface area contributed by atoms with E-state index in [1.54, 1.807) is 6.07 Å². The average Bonchev–Trinajstić information content (AvgIpc) is 3.34. The number of rotatable bonds is 5. The molecule has 2 N–H and O–H groups in total. The van der Waals surface area contributed by atoms with Gasteiger partial charge in [-0.25, -0.2) is 15.0 Å². The SMILES string of the molecule is C[C@H]1COCCN1c1nc(-c2ccc(Nc3cccc(=O)[nH]3)cc2)nc2c1CCN(c1nccn1C)C2. The smallest absolute Gasteiger partial charge is 0.249 e. The predicted molar refractivity (Wildman–Crippen MR) is 143 cm³/mol. The van der Waals surface area contributed by atoms with Gasteiger partial charge >= 0.3 is 0 Å². The minimum absolute atomic E-state index is 0.145. The molecule has 4 aromatic rings. The van der Waals surface area contributed by atoms with Crippen molar-refractivity contribution in [1.82, 2.24) is 24.5 Å². The first kappa shape index (κ1) is 23.2. The van der Waals surface area contributed by atoms with Gasteiger partial charge < -0.3 is 29.4 Å². The summed E-state index contributed by atoms with van der Waals surface area (Å²) in [6, 6.07) is 13.2. The number of imidazole rings is 1. The van der Waals surface area contributed by atoms with Gasteiger partial charge in [-0.15, -0.1) is 0 Å². The van der Waals surface area contributed by atoms with E-state index in [-0.39, 0.29) is 11.6 Å². The summed E-state index contributed by atoms with van der Waals surface area (Å²) in [5.41, 5.74) is 3.91. The maximum Gasteiger partial charge on any atom is 0.249 e. The number of anilines is 4. The monoisotopic (exact) mass is 498 g/mol. The number of hydrogen-bond acceptors (Lipinski definition) is 8. The second kappa shape index (κ2) is 9.70. The van der Waals surface area contributed by atoms with E-state index in [0.717, 1.165) is 48.2 Å². The number of benzene rings is 1. The molecule has 0 saturated carbocycles. The third kappa shape index (κ3) is 4.67. The van der Waals surface area contributed by atoms with Gasteiger partial charge in [0.2, 0.25) is 11.5 Å². The highest BCUT2D eigenvalue weighted by atomic mass is 16.5. The first-order valence-corrected chi connectivity index (χ1v) is 12.6. The Balaban J connectivity index is 1.35. The lowest BCUT2D eigenvalue weighted by atomic mass is 10.0. The lowest BCUT2D eigenvalue weighted by molar-refractivity contribution is 0.0984. The van der Waals surface area contributed by atoms with Crippen molar-refractivity contribution in [3.63, 3.8) is 0 Å². The summed E-state index contributed by atoms with van der Waals surface area (Å²) >= 11 is 0. The fourth-order valence-corrected chi connectivity index (χ4v) is 5.03. The summed E-state index contributed by atoms with van der Waals surface area (Å²) in [4.78, 5) is 33.8. The van der Waals surface area contributed by atoms with Crippen LogP contribution >= 0.6 is 0 Å². The van der Waals surface area contributed by atoms with Crippen molar-refractivity contribution >= 4 is 23.3 Å². The van der Waals surface area contributed by atoms with Crippen LogP contribution in [0.15, 0.2) is 59.7 Å². The number of nitrogens with one attached hydrogen (secondary N) is 2. The zero-order chi connectivity index (χ0) is 25.4. The molecule has 0 radical (unpaired) electrons. The lowest BCUT2D eigenvalue weighted by Crippen LogP contribution is -2.45. The molecule has 1 atom stereocenters. The summed E-state index contributed by atoms with van der Waals surface area (Å²) in [7, 11) is 2.02. The van der Waals surface area contributed by atoms with E-state index in [2.05, 4.69) is 32.0 Å². The number of aromatic nitrogens is 5. The van der Waals surface area contributed by atoms with Gasteiger partial charge in [0, 0.05) is 55.4 Å². The zero-order valence-corrected chi connectivity index (χ0v) is 21.0. The van der Waals surface area contributed by atoms with Gasteiger partial charge in [0.15, 0.2) is 5.82 Å². The van der Waals surface area contributed by atoms with Crippen LogP contribution in [0.25, 0.3) is 11.4 Å². The van der Waals surface area contributed by atoms with Gasteiger partial charge in [0.05, 0.1) is 31.5 Å². The molecule has 3 aromatic heterocycles. The fourth-order valence-electron chi connectivity index (χ4n) is 5.03.